The van der Waals surface area contributed by atoms with E-state index in [0.717, 1.165) is 17.9 Å². The molecule has 0 amide bonds. The van der Waals surface area contributed by atoms with Crippen molar-refractivity contribution in [2.75, 3.05) is 26.2 Å². The van der Waals surface area contributed by atoms with Crippen LogP contribution in [0.3, 0.4) is 0 Å². The summed E-state index contributed by atoms with van der Waals surface area (Å²) in [6.07, 6.45) is 7.07. The lowest BCUT2D eigenvalue weighted by Gasteiger charge is -2.24. The summed E-state index contributed by atoms with van der Waals surface area (Å²) in [6, 6.07) is 0.867. The van der Waals surface area contributed by atoms with Crippen LogP contribution in [0.15, 0.2) is 0 Å². The van der Waals surface area contributed by atoms with Crippen LogP contribution in [0.25, 0.3) is 0 Å². The van der Waals surface area contributed by atoms with E-state index in [9.17, 15) is 0 Å². The highest BCUT2D eigenvalue weighted by Gasteiger charge is 2.21. The Morgan fingerprint density at radius 3 is 2.75 bits per heavy atom. The van der Waals surface area contributed by atoms with Gasteiger partial charge in [-0.05, 0) is 63.6 Å². The molecule has 2 aliphatic rings. The van der Waals surface area contributed by atoms with Gasteiger partial charge in [0.2, 0.25) is 0 Å². The zero-order valence-electron chi connectivity index (χ0n) is 11.0. The van der Waals surface area contributed by atoms with Crippen LogP contribution in [-0.4, -0.2) is 37.1 Å². The Balaban J connectivity index is 1.62. The average molecular weight is 224 g/mol. The molecule has 94 valence electrons. The number of hydrogen-bond donors (Lipinski definition) is 1. The van der Waals surface area contributed by atoms with Crippen LogP contribution < -0.4 is 5.32 Å². The van der Waals surface area contributed by atoms with Crippen molar-refractivity contribution in [3.8, 4) is 0 Å². The maximum absolute atomic E-state index is 3.64. The van der Waals surface area contributed by atoms with E-state index in [-0.39, 0.29) is 0 Å². The first kappa shape index (κ1) is 12.4. The van der Waals surface area contributed by atoms with Crippen LogP contribution in [0.5, 0.6) is 0 Å². The predicted octanol–water partition coefficient (Wildman–Crippen LogP) is 2.50. The molecular weight excluding hydrogens is 196 g/mol. The second-order valence-corrected chi connectivity index (χ2v) is 6.12. The van der Waals surface area contributed by atoms with Gasteiger partial charge in [-0.3, -0.25) is 0 Å². The molecule has 0 aromatic heterocycles. The minimum atomic E-state index is 0.814. The zero-order valence-corrected chi connectivity index (χ0v) is 11.0. The maximum Gasteiger partial charge on any atom is 0.00683 e. The fraction of sp³-hybridized carbons (Fsp3) is 1.00. The Hall–Kier alpha value is -0.0800. The molecule has 1 saturated carbocycles. The average Bonchev–Trinajstić information content (AvgIpc) is 3.05. The highest BCUT2D eigenvalue weighted by molar-refractivity contribution is 4.82. The molecule has 2 unspecified atom stereocenters. The Bertz CT molecular complexity index is 201. The van der Waals surface area contributed by atoms with Gasteiger partial charge in [0.15, 0.2) is 0 Å². The van der Waals surface area contributed by atoms with Crippen LogP contribution in [0.2, 0.25) is 0 Å². The van der Waals surface area contributed by atoms with Crippen molar-refractivity contribution in [1.29, 1.82) is 0 Å². The molecule has 2 atom stereocenters. The monoisotopic (exact) mass is 224 g/mol. The van der Waals surface area contributed by atoms with E-state index < -0.39 is 0 Å². The molecule has 2 heteroatoms. The molecule has 0 spiro atoms. The van der Waals surface area contributed by atoms with Gasteiger partial charge in [0.25, 0.3) is 0 Å². The number of hydrogen-bond acceptors (Lipinski definition) is 2. The van der Waals surface area contributed by atoms with Gasteiger partial charge in [-0.15, -0.1) is 0 Å². The number of rotatable bonds is 5. The lowest BCUT2D eigenvalue weighted by molar-refractivity contribution is 0.240. The normalized spacial score (nSPS) is 30.0. The van der Waals surface area contributed by atoms with Crippen LogP contribution >= 0.6 is 0 Å². The molecule has 2 fully saturated rings. The molecule has 1 aliphatic heterocycles. The van der Waals surface area contributed by atoms with Gasteiger partial charge in [0, 0.05) is 12.6 Å². The Kier molecular flexibility index (Phi) is 4.66. The second kappa shape index (κ2) is 6.02. The lowest BCUT2D eigenvalue weighted by Crippen LogP contribution is -2.34. The Morgan fingerprint density at radius 1 is 1.19 bits per heavy atom. The van der Waals surface area contributed by atoms with Gasteiger partial charge in [-0.2, -0.15) is 0 Å². The van der Waals surface area contributed by atoms with Crippen LogP contribution in [0.1, 0.15) is 46.0 Å². The molecule has 0 bridgehead atoms. The van der Waals surface area contributed by atoms with E-state index in [1.807, 2.05) is 0 Å². The van der Waals surface area contributed by atoms with Crippen molar-refractivity contribution in [3.63, 3.8) is 0 Å². The highest BCUT2D eigenvalue weighted by atomic mass is 15.1. The fourth-order valence-electron chi connectivity index (χ4n) is 2.67. The van der Waals surface area contributed by atoms with E-state index in [4.69, 9.17) is 0 Å². The van der Waals surface area contributed by atoms with Gasteiger partial charge in [0.1, 0.15) is 0 Å². The first-order valence-electron chi connectivity index (χ1n) is 7.20. The number of nitrogens with zero attached hydrogens (tertiary/aromatic N) is 1. The molecule has 0 aromatic carbocycles. The van der Waals surface area contributed by atoms with E-state index in [1.54, 1.807) is 0 Å². The second-order valence-electron chi connectivity index (χ2n) is 6.12. The van der Waals surface area contributed by atoms with Gasteiger partial charge in [-0.1, -0.05) is 13.8 Å². The molecule has 1 N–H and O–H groups in total. The van der Waals surface area contributed by atoms with Crippen molar-refractivity contribution >= 4 is 0 Å². The molecule has 1 aliphatic carbocycles. The van der Waals surface area contributed by atoms with Crippen molar-refractivity contribution in [1.82, 2.24) is 10.2 Å². The molecule has 0 radical (unpaired) electrons. The van der Waals surface area contributed by atoms with Crippen LogP contribution in [0, 0.1) is 11.8 Å². The smallest absolute Gasteiger partial charge is 0.00683 e. The third-order valence-corrected chi connectivity index (χ3v) is 4.01. The summed E-state index contributed by atoms with van der Waals surface area (Å²) in [6.45, 7) is 9.97. The molecule has 2 nitrogen and oxygen atoms in total. The summed E-state index contributed by atoms with van der Waals surface area (Å²) >= 11 is 0. The molecule has 1 heterocycles. The van der Waals surface area contributed by atoms with Crippen molar-refractivity contribution in [3.05, 3.63) is 0 Å². The predicted molar refractivity (Wildman–Crippen MR) is 69.6 cm³/mol. The summed E-state index contributed by atoms with van der Waals surface area (Å²) in [4.78, 5) is 2.68. The van der Waals surface area contributed by atoms with E-state index in [1.165, 1.54) is 58.3 Å². The third kappa shape index (κ3) is 4.42. The molecule has 16 heavy (non-hydrogen) atoms. The molecule has 1 saturated heterocycles. The Labute approximate surface area is 101 Å². The van der Waals surface area contributed by atoms with Gasteiger partial charge < -0.3 is 10.2 Å². The van der Waals surface area contributed by atoms with E-state index in [0.29, 0.717) is 0 Å². The first-order valence-corrected chi connectivity index (χ1v) is 7.20. The van der Waals surface area contributed by atoms with Gasteiger partial charge >= 0.3 is 0 Å². The van der Waals surface area contributed by atoms with Gasteiger partial charge in [-0.25, -0.2) is 0 Å². The fourth-order valence-corrected chi connectivity index (χ4v) is 2.67. The molecule has 0 aromatic rings. The van der Waals surface area contributed by atoms with Crippen molar-refractivity contribution in [2.24, 2.45) is 11.8 Å². The third-order valence-electron chi connectivity index (χ3n) is 4.01. The van der Waals surface area contributed by atoms with E-state index >= 15 is 0 Å². The number of likely N-dealkylation sites (tertiary alicyclic amines) is 1. The molecular formula is C14H28N2. The Morgan fingerprint density at radius 2 is 2.00 bits per heavy atom. The lowest BCUT2D eigenvalue weighted by atomic mass is 10.0. The van der Waals surface area contributed by atoms with Crippen LogP contribution in [-0.2, 0) is 0 Å². The van der Waals surface area contributed by atoms with Crippen LogP contribution in [0.4, 0.5) is 0 Å². The first-order chi connectivity index (χ1) is 7.74. The van der Waals surface area contributed by atoms with Crippen molar-refractivity contribution in [2.45, 2.75) is 52.0 Å². The minimum Gasteiger partial charge on any atom is -0.314 e. The largest absolute Gasteiger partial charge is 0.314 e. The summed E-state index contributed by atoms with van der Waals surface area (Å²) in [5.41, 5.74) is 0. The SMILES string of the molecule is CC1CCCN(CC(C)CNC2CC2)CC1. The highest BCUT2D eigenvalue weighted by Crippen LogP contribution is 2.20. The summed E-state index contributed by atoms with van der Waals surface area (Å²) in [5, 5.41) is 3.64. The zero-order chi connectivity index (χ0) is 11.4. The summed E-state index contributed by atoms with van der Waals surface area (Å²) in [5.74, 6) is 1.76. The summed E-state index contributed by atoms with van der Waals surface area (Å²) < 4.78 is 0. The topological polar surface area (TPSA) is 15.3 Å². The maximum atomic E-state index is 3.64. The standard InChI is InChI=1S/C14H28N2/c1-12-4-3-8-16(9-7-12)11-13(2)10-15-14-5-6-14/h12-15H,3-11H2,1-2H3. The minimum absolute atomic E-state index is 0.814. The molecule has 2 rings (SSSR count). The van der Waals surface area contributed by atoms with Crippen molar-refractivity contribution < 1.29 is 0 Å². The van der Waals surface area contributed by atoms with Gasteiger partial charge in [0.05, 0.1) is 0 Å². The number of nitrogens with one attached hydrogen (secondary N) is 1. The summed E-state index contributed by atoms with van der Waals surface area (Å²) in [7, 11) is 0. The quantitative estimate of drug-likeness (QED) is 0.772. The van der Waals surface area contributed by atoms with E-state index in [2.05, 4.69) is 24.1 Å².